The number of hydrogen-bond donors (Lipinski definition) is 2. The summed E-state index contributed by atoms with van der Waals surface area (Å²) in [5.41, 5.74) is 3.07. The summed E-state index contributed by atoms with van der Waals surface area (Å²) < 4.78 is 10.5. The average molecular weight is 468 g/mol. The second-order valence-electron chi connectivity index (χ2n) is 9.57. The van der Waals surface area contributed by atoms with Crippen LogP contribution in [0.2, 0.25) is 0 Å². The third-order valence-electron chi connectivity index (χ3n) is 6.93. The maximum Gasteiger partial charge on any atom is 0.251 e. The molecule has 8 nitrogen and oxygen atoms in total. The van der Waals surface area contributed by atoms with Crippen molar-refractivity contribution < 1.29 is 14.3 Å². The molecule has 0 spiro atoms. The number of nitrogens with one attached hydrogen (secondary N) is 2. The molecule has 0 aliphatic heterocycles. The first-order chi connectivity index (χ1) is 16.5. The van der Waals surface area contributed by atoms with E-state index >= 15 is 0 Å². The molecule has 0 radical (unpaired) electrons. The van der Waals surface area contributed by atoms with Gasteiger partial charge in [-0.3, -0.25) is 4.79 Å². The second kappa shape index (κ2) is 10.9. The molecule has 0 saturated heterocycles. The van der Waals surface area contributed by atoms with Crippen molar-refractivity contribution in [2.75, 3.05) is 45.1 Å². The molecule has 1 aromatic heterocycles. The first-order valence-electron chi connectivity index (χ1n) is 12.3. The minimum absolute atomic E-state index is 0.101. The van der Waals surface area contributed by atoms with Crippen molar-refractivity contribution in [3.8, 4) is 11.5 Å². The van der Waals surface area contributed by atoms with E-state index in [2.05, 4.69) is 29.6 Å². The van der Waals surface area contributed by atoms with Gasteiger partial charge in [0.15, 0.2) is 0 Å². The van der Waals surface area contributed by atoms with Crippen LogP contribution >= 0.6 is 0 Å². The molecule has 184 valence electrons. The van der Waals surface area contributed by atoms with Gasteiger partial charge in [-0.25, -0.2) is 4.98 Å². The zero-order valence-electron chi connectivity index (χ0n) is 20.8. The molecule has 2 N–H and O–H groups in total. The van der Waals surface area contributed by atoms with Crippen LogP contribution in [0.25, 0.3) is 0 Å². The molecule has 0 bridgehead atoms. The highest BCUT2D eigenvalue weighted by Gasteiger charge is 2.24. The van der Waals surface area contributed by atoms with Crippen molar-refractivity contribution in [2.24, 2.45) is 5.92 Å². The fourth-order valence-electron chi connectivity index (χ4n) is 4.98. The van der Waals surface area contributed by atoms with Gasteiger partial charge >= 0.3 is 0 Å². The van der Waals surface area contributed by atoms with Crippen molar-refractivity contribution in [1.82, 2.24) is 15.3 Å². The Morgan fingerprint density at radius 1 is 1.00 bits per heavy atom. The molecule has 1 saturated carbocycles. The van der Waals surface area contributed by atoms with Crippen molar-refractivity contribution >= 4 is 17.7 Å². The highest BCUT2D eigenvalue weighted by atomic mass is 16.5. The van der Waals surface area contributed by atoms with Crippen LogP contribution in [-0.4, -0.2) is 56.8 Å². The Morgan fingerprint density at radius 2 is 1.68 bits per heavy atom. The van der Waals surface area contributed by atoms with E-state index in [1.165, 1.54) is 24.1 Å². The number of carbonyl (C=O) groups excluding carboxylic acids is 1. The number of benzene rings is 1. The highest BCUT2D eigenvalue weighted by Crippen LogP contribution is 2.30. The number of anilines is 2. The summed E-state index contributed by atoms with van der Waals surface area (Å²) in [6, 6.07) is 5.60. The predicted molar refractivity (Wildman–Crippen MR) is 134 cm³/mol. The molecule has 4 rings (SSSR count). The standard InChI is InChI=1S/C26H37N5O3/c1-31(2)24-22-7-5-6-8-23(22)29-26(30-24)28-19-11-9-17(10-12-19)16-27-25(32)18-13-20(33-3)15-21(14-18)34-4/h13-15,17,19H,5-12,16H2,1-4H3,(H,27,32)(H,28,29,30). The molecule has 2 aromatic rings. The van der Waals surface area contributed by atoms with E-state index in [0.717, 1.165) is 50.3 Å². The van der Waals surface area contributed by atoms with Crippen molar-refractivity contribution in [2.45, 2.75) is 57.4 Å². The van der Waals surface area contributed by atoms with Gasteiger partial charge in [-0.1, -0.05) is 0 Å². The second-order valence-corrected chi connectivity index (χ2v) is 9.57. The average Bonchev–Trinajstić information content (AvgIpc) is 2.87. The summed E-state index contributed by atoms with van der Waals surface area (Å²) in [6.45, 7) is 0.672. The number of fused-ring (bicyclic) bond motifs is 1. The summed E-state index contributed by atoms with van der Waals surface area (Å²) in [5.74, 6) is 3.40. The first-order valence-corrected chi connectivity index (χ1v) is 12.3. The summed E-state index contributed by atoms with van der Waals surface area (Å²) in [4.78, 5) is 24.5. The largest absolute Gasteiger partial charge is 0.497 e. The molecular formula is C26H37N5O3. The van der Waals surface area contributed by atoms with Gasteiger partial charge in [0.05, 0.1) is 19.9 Å². The molecule has 34 heavy (non-hydrogen) atoms. The van der Waals surface area contributed by atoms with Crippen LogP contribution in [0.5, 0.6) is 11.5 Å². The fourth-order valence-corrected chi connectivity index (χ4v) is 4.98. The van der Waals surface area contributed by atoms with Crippen LogP contribution in [0.3, 0.4) is 0 Å². The molecule has 1 fully saturated rings. The summed E-state index contributed by atoms with van der Waals surface area (Å²) in [5, 5.41) is 6.69. The number of carbonyl (C=O) groups is 1. The molecule has 2 aliphatic carbocycles. The van der Waals surface area contributed by atoms with Gasteiger partial charge in [-0.15, -0.1) is 0 Å². The highest BCUT2D eigenvalue weighted by molar-refractivity contribution is 5.95. The molecule has 0 unspecified atom stereocenters. The lowest BCUT2D eigenvalue weighted by Gasteiger charge is -2.30. The van der Waals surface area contributed by atoms with E-state index in [4.69, 9.17) is 19.4 Å². The summed E-state index contributed by atoms with van der Waals surface area (Å²) in [6.07, 6.45) is 8.75. The lowest BCUT2D eigenvalue weighted by atomic mass is 9.86. The third-order valence-corrected chi connectivity index (χ3v) is 6.93. The Labute approximate surface area is 202 Å². The molecule has 8 heteroatoms. The van der Waals surface area contributed by atoms with Crippen LogP contribution in [0.4, 0.5) is 11.8 Å². The molecule has 1 aromatic carbocycles. The third kappa shape index (κ3) is 5.72. The molecule has 2 aliphatic rings. The molecule has 1 amide bonds. The number of aromatic nitrogens is 2. The van der Waals surface area contributed by atoms with Crippen molar-refractivity contribution in [3.63, 3.8) is 0 Å². The smallest absolute Gasteiger partial charge is 0.251 e. The summed E-state index contributed by atoms with van der Waals surface area (Å²) in [7, 11) is 7.28. The predicted octanol–water partition coefficient (Wildman–Crippen LogP) is 3.84. The number of methoxy groups -OCH3 is 2. The fraction of sp³-hybridized carbons (Fsp3) is 0.577. The quantitative estimate of drug-likeness (QED) is 0.610. The van der Waals surface area contributed by atoms with E-state index in [9.17, 15) is 4.79 Å². The minimum atomic E-state index is -0.101. The topological polar surface area (TPSA) is 88.6 Å². The van der Waals surface area contributed by atoms with Gasteiger partial charge in [0, 0.05) is 43.9 Å². The van der Waals surface area contributed by atoms with Gasteiger partial charge in [-0.2, -0.15) is 4.98 Å². The van der Waals surface area contributed by atoms with Gasteiger partial charge < -0.3 is 25.0 Å². The Balaban J connectivity index is 1.30. The first kappa shape index (κ1) is 24.1. The van der Waals surface area contributed by atoms with Crippen LogP contribution in [0.1, 0.15) is 60.1 Å². The van der Waals surface area contributed by atoms with Crippen molar-refractivity contribution in [1.29, 1.82) is 0 Å². The lowest BCUT2D eigenvalue weighted by Crippen LogP contribution is -2.34. The monoisotopic (exact) mass is 467 g/mol. The van der Waals surface area contributed by atoms with Crippen LogP contribution in [0.15, 0.2) is 18.2 Å². The molecule has 0 atom stereocenters. The Morgan fingerprint density at radius 3 is 2.32 bits per heavy atom. The Kier molecular flexibility index (Phi) is 7.75. The van der Waals surface area contributed by atoms with Crippen molar-refractivity contribution in [3.05, 3.63) is 35.0 Å². The SMILES string of the molecule is COc1cc(OC)cc(C(=O)NCC2CCC(Nc3nc4c(c(N(C)C)n3)CCCC4)CC2)c1. The van der Waals surface area contributed by atoms with Gasteiger partial charge in [0.1, 0.15) is 17.3 Å². The summed E-state index contributed by atoms with van der Waals surface area (Å²) >= 11 is 0. The number of nitrogens with zero attached hydrogens (tertiary/aromatic N) is 3. The van der Waals surface area contributed by atoms with E-state index < -0.39 is 0 Å². The Bertz CT molecular complexity index is 980. The zero-order chi connectivity index (χ0) is 24.1. The van der Waals surface area contributed by atoms with Gasteiger partial charge in [-0.05, 0) is 69.4 Å². The van der Waals surface area contributed by atoms with Crippen LogP contribution in [-0.2, 0) is 12.8 Å². The van der Waals surface area contributed by atoms with Gasteiger partial charge in [0.2, 0.25) is 5.95 Å². The van der Waals surface area contributed by atoms with E-state index in [1.807, 2.05) is 0 Å². The number of amides is 1. The minimum Gasteiger partial charge on any atom is -0.497 e. The maximum absolute atomic E-state index is 12.7. The van der Waals surface area contributed by atoms with Crippen LogP contribution < -0.4 is 25.0 Å². The van der Waals surface area contributed by atoms with Gasteiger partial charge in [0.25, 0.3) is 5.91 Å². The van der Waals surface area contributed by atoms with E-state index in [1.54, 1.807) is 32.4 Å². The number of ether oxygens (including phenoxy) is 2. The van der Waals surface area contributed by atoms with E-state index in [-0.39, 0.29) is 5.91 Å². The number of rotatable bonds is 8. The maximum atomic E-state index is 12.7. The normalized spacial score (nSPS) is 19.6. The molecule has 1 heterocycles. The molecular weight excluding hydrogens is 430 g/mol. The zero-order valence-corrected chi connectivity index (χ0v) is 20.8. The number of aryl methyl sites for hydroxylation is 1. The van der Waals surface area contributed by atoms with Crippen LogP contribution in [0, 0.1) is 5.92 Å². The van der Waals surface area contributed by atoms with E-state index in [0.29, 0.717) is 35.6 Å². The lowest BCUT2D eigenvalue weighted by molar-refractivity contribution is 0.0942. The Hall–Kier alpha value is -3.03. The number of hydrogen-bond acceptors (Lipinski definition) is 7.